The van der Waals surface area contributed by atoms with Gasteiger partial charge in [-0.15, -0.1) is 0 Å². The molecule has 0 fully saturated rings. The Bertz CT molecular complexity index is 1380. The Labute approximate surface area is 178 Å². The van der Waals surface area contributed by atoms with Gasteiger partial charge in [-0.05, 0) is 36.6 Å². The van der Waals surface area contributed by atoms with Crippen molar-refractivity contribution < 1.29 is 13.9 Å². The molecule has 7 heteroatoms. The summed E-state index contributed by atoms with van der Waals surface area (Å²) in [5.41, 5.74) is 2.84. The smallest absolute Gasteiger partial charge is 0.336 e. The topological polar surface area (TPSA) is 83.4 Å². The fourth-order valence-electron chi connectivity index (χ4n) is 3.81. The molecule has 4 rings (SSSR count). The second kappa shape index (κ2) is 8.63. The Kier molecular flexibility index (Phi) is 5.75. The second-order valence-electron chi connectivity index (χ2n) is 7.44. The number of aryl methyl sites for hydroxylation is 2. The monoisotopic (exact) mass is 420 g/mol. The van der Waals surface area contributed by atoms with E-state index >= 15 is 0 Å². The zero-order valence-electron chi connectivity index (χ0n) is 17.6. The Morgan fingerprint density at radius 1 is 1.00 bits per heavy atom. The van der Waals surface area contributed by atoms with Gasteiger partial charge in [0.1, 0.15) is 18.7 Å². The largest absolute Gasteiger partial charge is 0.459 e. The number of rotatable bonds is 7. The summed E-state index contributed by atoms with van der Waals surface area (Å²) in [6.07, 6.45) is 1.63. The summed E-state index contributed by atoms with van der Waals surface area (Å²) >= 11 is 0. The number of hydrogen-bond acceptors (Lipinski definition) is 5. The van der Waals surface area contributed by atoms with Gasteiger partial charge in [-0.25, -0.2) is 9.59 Å². The summed E-state index contributed by atoms with van der Waals surface area (Å²) in [5.74, 6) is -0.548. The van der Waals surface area contributed by atoms with Crippen LogP contribution in [0.2, 0.25) is 0 Å². The number of fused-ring (bicyclic) bond motifs is 2. The van der Waals surface area contributed by atoms with Crippen molar-refractivity contribution in [1.82, 2.24) is 9.13 Å². The number of carbonyl (C=O) groups is 1. The second-order valence-corrected chi connectivity index (χ2v) is 7.44. The van der Waals surface area contributed by atoms with Crippen LogP contribution >= 0.6 is 0 Å². The highest BCUT2D eigenvalue weighted by atomic mass is 16.5. The van der Waals surface area contributed by atoms with Crippen molar-refractivity contribution in [3.8, 4) is 0 Å². The first kappa shape index (κ1) is 20.7. The van der Waals surface area contributed by atoms with Crippen LogP contribution in [0, 0.1) is 0 Å². The first-order valence-corrected chi connectivity index (χ1v) is 10.4. The molecule has 4 aromatic rings. The summed E-state index contributed by atoms with van der Waals surface area (Å²) in [4.78, 5) is 37.3. The molecule has 160 valence electrons. The maximum Gasteiger partial charge on any atom is 0.336 e. The quantitative estimate of drug-likeness (QED) is 0.337. The summed E-state index contributed by atoms with van der Waals surface area (Å²) in [7, 11) is 0. The minimum atomic E-state index is -0.548. The van der Waals surface area contributed by atoms with Gasteiger partial charge < -0.3 is 9.15 Å². The molecule has 0 saturated heterocycles. The lowest BCUT2D eigenvalue weighted by molar-refractivity contribution is -0.145. The van der Waals surface area contributed by atoms with E-state index in [2.05, 4.69) is 0 Å². The summed E-state index contributed by atoms with van der Waals surface area (Å²) in [6, 6.07) is 14.4. The summed E-state index contributed by atoms with van der Waals surface area (Å²) in [6.45, 7) is 4.32. The first-order valence-electron chi connectivity index (χ1n) is 10.4. The van der Waals surface area contributed by atoms with Crippen LogP contribution in [0.5, 0.6) is 0 Å². The van der Waals surface area contributed by atoms with E-state index in [9.17, 15) is 14.4 Å². The van der Waals surface area contributed by atoms with Crippen molar-refractivity contribution in [2.24, 2.45) is 0 Å². The van der Waals surface area contributed by atoms with Crippen molar-refractivity contribution in [1.29, 1.82) is 0 Å². The van der Waals surface area contributed by atoms with E-state index < -0.39 is 11.6 Å². The van der Waals surface area contributed by atoms with Crippen LogP contribution in [0.1, 0.15) is 31.4 Å². The molecule has 2 aromatic carbocycles. The van der Waals surface area contributed by atoms with Crippen LogP contribution in [0.15, 0.2) is 62.5 Å². The molecule has 0 N–H and O–H groups in total. The van der Waals surface area contributed by atoms with E-state index in [-0.39, 0.29) is 18.8 Å². The third kappa shape index (κ3) is 4.03. The van der Waals surface area contributed by atoms with Crippen LogP contribution in [-0.2, 0) is 35.6 Å². The number of carbonyl (C=O) groups excluding carboxylic acids is 1. The first-order chi connectivity index (χ1) is 15.0. The fraction of sp³-hybridized carbons (Fsp3) is 0.292. The van der Waals surface area contributed by atoms with Gasteiger partial charge in [0.2, 0.25) is 0 Å². The van der Waals surface area contributed by atoms with E-state index in [1.54, 1.807) is 4.57 Å². The van der Waals surface area contributed by atoms with Gasteiger partial charge in [-0.3, -0.25) is 13.9 Å². The van der Waals surface area contributed by atoms with E-state index in [4.69, 9.17) is 9.15 Å². The number of aromatic nitrogens is 2. The molecule has 0 saturated carbocycles. The van der Waals surface area contributed by atoms with Gasteiger partial charge in [-0.2, -0.15) is 0 Å². The fourth-order valence-corrected chi connectivity index (χ4v) is 3.81. The van der Waals surface area contributed by atoms with Crippen LogP contribution in [0.3, 0.4) is 0 Å². The molecule has 2 aromatic heterocycles. The normalized spacial score (nSPS) is 11.3. The third-order valence-electron chi connectivity index (χ3n) is 5.35. The predicted octanol–water partition coefficient (Wildman–Crippen LogP) is 3.63. The maximum atomic E-state index is 12.8. The van der Waals surface area contributed by atoms with Crippen molar-refractivity contribution in [3.05, 3.63) is 80.6 Å². The van der Waals surface area contributed by atoms with Crippen molar-refractivity contribution in [2.75, 3.05) is 0 Å². The van der Waals surface area contributed by atoms with Crippen LogP contribution in [-0.4, -0.2) is 15.1 Å². The lowest BCUT2D eigenvalue weighted by atomic mass is 10.1. The van der Waals surface area contributed by atoms with Gasteiger partial charge >= 0.3 is 17.3 Å². The molecule has 0 atom stereocenters. The minimum absolute atomic E-state index is 0.0746. The average molecular weight is 420 g/mol. The molecule has 0 amide bonds. The number of para-hydroxylation sites is 2. The van der Waals surface area contributed by atoms with E-state index in [1.807, 2.05) is 56.3 Å². The molecular weight excluding hydrogens is 396 g/mol. The SMILES string of the molecule is CCCn1c(=O)n(CC(=O)OCc2cc(=O)oc3cc(CC)ccc23)c2ccccc21. The van der Waals surface area contributed by atoms with E-state index in [1.165, 1.54) is 10.6 Å². The number of nitrogens with zero attached hydrogens (tertiary/aromatic N) is 2. The standard InChI is InChI=1S/C24H24N2O5/c1-3-11-25-19-7-5-6-8-20(19)26(24(25)29)14-23(28)30-15-17-13-22(27)31-21-12-16(4-2)9-10-18(17)21/h5-10,12-13H,3-4,11,14-15H2,1-2H3. The molecule has 0 spiro atoms. The van der Waals surface area contributed by atoms with Gasteiger partial charge in [0.25, 0.3) is 0 Å². The van der Waals surface area contributed by atoms with Crippen LogP contribution in [0.25, 0.3) is 22.0 Å². The zero-order chi connectivity index (χ0) is 22.0. The number of hydrogen-bond donors (Lipinski definition) is 0. The number of benzene rings is 2. The van der Waals surface area contributed by atoms with Crippen LogP contribution in [0.4, 0.5) is 0 Å². The van der Waals surface area contributed by atoms with Gasteiger partial charge in [0.15, 0.2) is 0 Å². The highest BCUT2D eigenvalue weighted by molar-refractivity contribution is 5.81. The molecule has 0 aliphatic heterocycles. The summed E-state index contributed by atoms with van der Waals surface area (Å²) in [5, 5.41) is 0.723. The molecular formula is C24H24N2O5. The predicted molar refractivity (Wildman–Crippen MR) is 118 cm³/mol. The number of imidazole rings is 1. The van der Waals surface area contributed by atoms with Gasteiger partial charge in [-0.1, -0.05) is 38.1 Å². The molecule has 7 nitrogen and oxygen atoms in total. The number of esters is 1. The van der Waals surface area contributed by atoms with Crippen molar-refractivity contribution in [3.63, 3.8) is 0 Å². The molecule has 0 aliphatic carbocycles. The highest BCUT2D eigenvalue weighted by Gasteiger charge is 2.16. The molecule has 31 heavy (non-hydrogen) atoms. The van der Waals surface area contributed by atoms with Crippen LogP contribution < -0.4 is 11.3 Å². The Balaban J connectivity index is 1.58. The van der Waals surface area contributed by atoms with E-state index in [0.717, 1.165) is 29.3 Å². The lowest BCUT2D eigenvalue weighted by Gasteiger charge is -2.09. The molecule has 0 unspecified atom stereocenters. The zero-order valence-corrected chi connectivity index (χ0v) is 17.6. The average Bonchev–Trinajstić information content (AvgIpc) is 3.03. The molecule has 2 heterocycles. The van der Waals surface area contributed by atoms with Crippen molar-refractivity contribution in [2.45, 2.75) is 46.4 Å². The molecule has 0 bridgehead atoms. The summed E-state index contributed by atoms with van der Waals surface area (Å²) < 4.78 is 13.8. The maximum absolute atomic E-state index is 12.8. The Hall–Kier alpha value is -3.61. The lowest BCUT2D eigenvalue weighted by Crippen LogP contribution is -2.27. The minimum Gasteiger partial charge on any atom is -0.459 e. The van der Waals surface area contributed by atoms with Gasteiger partial charge in [0.05, 0.1) is 11.0 Å². The molecule has 0 radical (unpaired) electrons. The van der Waals surface area contributed by atoms with Crippen molar-refractivity contribution >= 4 is 28.0 Å². The van der Waals surface area contributed by atoms with Gasteiger partial charge in [0, 0.05) is 23.6 Å². The third-order valence-corrected chi connectivity index (χ3v) is 5.35. The number of ether oxygens (including phenoxy) is 1. The Morgan fingerprint density at radius 3 is 2.45 bits per heavy atom. The van der Waals surface area contributed by atoms with E-state index in [0.29, 0.717) is 23.2 Å². The highest BCUT2D eigenvalue weighted by Crippen LogP contribution is 2.20. The Morgan fingerprint density at radius 2 is 1.74 bits per heavy atom. The molecule has 0 aliphatic rings.